The highest BCUT2D eigenvalue weighted by Gasteiger charge is 2.33. The van der Waals surface area contributed by atoms with Crippen LogP contribution in [0.25, 0.3) is 0 Å². The summed E-state index contributed by atoms with van der Waals surface area (Å²) in [5, 5.41) is 3.04. The van der Waals surface area contributed by atoms with Crippen LogP contribution in [0.15, 0.2) is 78.9 Å². The van der Waals surface area contributed by atoms with E-state index in [4.69, 9.17) is 0 Å². The lowest BCUT2D eigenvalue weighted by molar-refractivity contribution is -0.140. The van der Waals surface area contributed by atoms with Gasteiger partial charge >= 0.3 is 0 Å². The Bertz CT molecular complexity index is 1380. The minimum Gasteiger partial charge on any atom is -0.352 e. The van der Waals surface area contributed by atoms with Crippen molar-refractivity contribution in [1.29, 1.82) is 0 Å². The molecule has 3 rings (SSSR count). The number of amides is 2. The number of nitrogens with one attached hydrogen (secondary N) is 1. The molecule has 0 aliphatic rings. The first kappa shape index (κ1) is 29.9. The van der Waals surface area contributed by atoms with Crippen LogP contribution in [0, 0.1) is 13.8 Å². The number of sulfonamides is 1. The minimum atomic E-state index is -3.79. The third-order valence-corrected chi connectivity index (χ3v) is 7.90. The third-order valence-electron chi connectivity index (χ3n) is 6.77. The predicted octanol–water partition coefficient (Wildman–Crippen LogP) is 4.62. The number of aryl methyl sites for hydroxylation is 2. The molecule has 3 aromatic carbocycles. The Labute approximate surface area is 232 Å². The summed E-state index contributed by atoms with van der Waals surface area (Å²) in [7, 11) is -3.79. The highest BCUT2D eigenvalue weighted by molar-refractivity contribution is 7.92. The molecule has 1 N–H and O–H groups in total. The van der Waals surface area contributed by atoms with Gasteiger partial charge in [-0.2, -0.15) is 0 Å². The number of carbonyl (C=O) groups excluding carboxylic acids is 2. The topological polar surface area (TPSA) is 86.8 Å². The SMILES string of the molecule is CC[C@H](C)NC(=O)[C@@H](Cc1ccccc1)N(Cc1cccc(C)c1)C(=O)CN(c1ccccc1C)S(C)(=O)=O. The Kier molecular flexibility index (Phi) is 10.3. The Morgan fingerprint density at radius 1 is 0.897 bits per heavy atom. The zero-order valence-corrected chi connectivity index (χ0v) is 24.2. The predicted molar refractivity (Wildman–Crippen MR) is 157 cm³/mol. The molecule has 0 unspecified atom stereocenters. The van der Waals surface area contributed by atoms with Gasteiger partial charge in [-0.25, -0.2) is 8.42 Å². The third kappa shape index (κ3) is 8.42. The van der Waals surface area contributed by atoms with Crippen LogP contribution < -0.4 is 9.62 Å². The van der Waals surface area contributed by atoms with Gasteiger partial charge in [0.15, 0.2) is 0 Å². The fraction of sp³-hybridized carbons (Fsp3) is 0.355. The smallest absolute Gasteiger partial charge is 0.244 e. The first-order chi connectivity index (χ1) is 18.5. The van der Waals surface area contributed by atoms with E-state index < -0.39 is 28.5 Å². The Balaban J connectivity index is 2.07. The first-order valence-electron chi connectivity index (χ1n) is 13.2. The largest absolute Gasteiger partial charge is 0.352 e. The number of carbonyl (C=O) groups is 2. The Morgan fingerprint density at radius 3 is 2.15 bits per heavy atom. The maximum absolute atomic E-state index is 14.1. The van der Waals surface area contributed by atoms with Gasteiger partial charge in [-0.3, -0.25) is 13.9 Å². The molecular weight excluding hydrogens is 510 g/mol. The molecule has 0 fully saturated rings. The van der Waals surface area contributed by atoms with Crippen LogP contribution in [0.5, 0.6) is 0 Å². The van der Waals surface area contributed by atoms with E-state index in [1.165, 1.54) is 4.90 Å². The molecule has 2 amide bonds. The lowest BCUT2D eigenvalue weighted by atomic mass is 10.0. The first-order valence-corrected chi connectivity index (χ1v) is 15.1. The number of hydrogen-bond acceptors (Lipinski definition) is 4. The zero-order valence-electron chi connectivity index (χ0n) is 23.4. The van der Waals surface area contributed by atoms with Crippen molar-refractivity contribution in [3.05, 3.63) is 101 Å². The van der Waals surface area contributed by atoms with Crippen molar-refractivity contribution >= 4 is 27.5 Å². The van der Waals surface area contributed by atoms with Crippen LogP contribution in [-0.4, -0.2) is 50.0 Å². The molecule has 0 spiro atoms. The van der Waals surface area contributed by atoms with Gasteiger partial charge in [0, 0.05) is 19.0 Å². The van der Waals surface area contributed by atoms with Gasteiger partial charge < -0.3 is 10.2 Å². The van der Waals surface area contributed by atoms with E-state index in [1.54, 1.807) is 25.1 Å². The molecule has 7 nitrogen and oxygen atoms in total. The van der Waals surface area contributed by atoms with Crippen molar-refractivity contribution in [2.45, 2.75) is 59.2 Å². The molecule has 0 aromatic heterocycles. The minimum absolute atomic E-state index is 0.0776. The zero-order chi connectivity index (χ0) is 28.6. The Hall–Kier alpha value is -3.65. The van der Waals surface area contributed by atoms with Crippen molar-refractivity contribution in [1.82, 2.24) is 10.2 Å². The summed E-state index contributed by atoms with van der Waals surface area (Å²) >= 11 is 0. The van der Waals surface area contributed by atoms with Crippen LogP contribution >= 0.6 is 0 Å². The number of hydrogen-bond donors (Lipinski definition) is 1. The summed E-state index contributed by atoms with van der Waals surface area (Å²) in [6.45, 7) is 7.43. The molecule has 0 bridgehead atoms. The quantitative estimate of drug-likeness (QED) is 0.357. The highest BCUT2D eigenvalue weighted by Crippen LogP contribution is 2.23. The molecule has 3 aromatic rings. The van der Waals surface area contributed by atoms with Crippen molar-refractivity contribution < 1.29 is 18.0 Å². The van der Waals surface area contributed by atoms with E-state index in [9.17, 15) is 18.0 Å². The van der Waals surface area contributed by atoms with Crippen LogP contribution in [0.3, 0.4) is 0 Å². The van der Waals surface area contributed by atoms with Gasteiger partial charge in [0.1, 0.15) is 12.6 Å². The fourth-order valence-corrected chi connectivity index (χ4v) is 5.35. The van der Waals surface area contributed by atoms with Crippen LogP contribution in [0.1, 0.15) is 42.5 Å². The fourth-order valence-electron chi connectivity index (χ4n) is 4.44. The molecule has 0 saturated carbocycles. The van der Waals surface area contributed by atoms with Crippen molar-refractivity contribution in [3.8, 4) is 0 Å². The summed E-state index contributed by atoms with van der Waals surface area (Å²) in [6.07, 6.45) is 2.13. The monoisotopic (exact) mass is 549 g/mol. The lowest BCUT2D eigenvalue weighted by Crippen LogP contribution is -2.54. The molecule has 8 heteroatoms. The van der Waals surface area contributed by atoms with Gasteiger partial charge in [-0.15, -0.1) is 0 Å². The highest BCUT2D eigenvalue weighted by atomic mass is 32.2. The second-order valence-electron chi connectivity index (χ2n) is 10.1. The molecular formula is C31H39N3O4S. The Morgan fingerprint density at radius 2 is 1.54 bits per heavy atom. The summed E-state index contributed by atoms with van der Waals surface area (Å²) in [5.74, 6) is -0.721. The maximum atomic E-state index is 14.1. The van der Waals surface area contributed by atoms with Gasteiger partial charge in [0.05, 0.1) is 11.9 Å². The molecule has 0 aliphatic carbocycles. The number of rotatable bonds is 12. The molecule has 208 valence electrons. The molecule has 0 heterocycles. The number of benzene rings is 3. The van der Waals surface area contributed by atoms with E-state index in [2.05, 4.69) is 5.32 Å². The lowest BCUT2D eigenvalue weighted by Gasteiger charge is -2.34. The molecule has 0 aliphatic heterocycles. The average molecular weight is 550 g/mol. The van der Waals surface area contributed by atoms with E-state index in [0.29, 0.717) is 12.1 Å². The average Bonchev–Trinajstić information content (AvgIpc) is 2.89. The van der Waals surface area contributed by atoms with Crippen LogP contribution in [0.4, 0.5) is 5.69 Å². The van der Waals surface area contributed by atoms with Crippen molar-refractivity contribution in [3.63, 3.8) is 0 Å². The summed E-state index contributed by atoms with van der Waals surface area (Å²) in [5.41, 5.74) is 3.97. The summed E-state index contributed by atoms with van der Waals surface area (Å²) in [6, 6.07) is 23.5. The molecule has 2 atom stereocenters. The van der Waals surface area contributed by atoms with Gasteiger partial charge in [-0.05, 0) is 49.9 Å². The van der Waals surface area contributed by atoms with Gasteiger partial charge in [0.25, 0.3) is 0 Å². The second kappa shape index (κ2) is 13.4. The van der Waals surface area contributed by atoms with E-state index in [0.717, 1.165) is 39.2 Å². The second-order valence-corrected chi connectivity index (χ2v) is 12.0. The molecule has 0 saturated heterocycles. The van der Waals surface area contributed by atoms with E-state index >= 15 is 0 Å². The van der Waals surface area contributed by atoms with E-state index in [-0.39, 0.29) is 18.5 Å². The number of anilines is 1. The molecule has 0 radical (unpaired) electrons. The summed E-state index contributed by atoms with van der Waals surface area (Å²) < 4.78 is 26.9. The van der Waals surface area contributed by atoms with Crippen molar-refractivity contribution in [2.75, 3.05) is 17.1 Å². The number of nitrogens with zero attached hydrogens (tertiary/aromatic N) is 2. The van der Waals surface area contributed by atoms with Crippen molar-refractivity contribution in [2.24, 2.45) is 0 Å². The van der Waals surface area contributed by atoms with Crippen LogP contribution in [-0.2, 0) is 32.6 Å². The van der Waals surface area contributed by atoms with Gasteiger partial charge in [-0.1, -0.05) is 85.3 Å². The normalized spacial score (nSPS) is 12.8. The maximum Gasteiger partial charge on any atom is 0.244 e. The molecule has 39 heavy (non-hydrogen) atoms. The van der Waals surface area contributed by atoms with Gasteiger partial charge in [0.2, 0.25) is 21.8 Å². The van der Waals surface area contributed by atoms with Crippen LogP contribution in [0.2, 0.25) is 0 Å². The van der Waals surface area contributed by atoms with E-state index in [1.807, 2.05) is 81.4 Å². The summed E-state index contributed by atoms with van der Waals surface area (Å²) in [4.78, 5) is 29.3. The number of para-hydroxylation sites is 1. The standard InChI is InChI=1S/C31H39N3O4S/c1-6-25(4)32-31(36)29(20-26-15-8-7-9-16-26)33(21-27-17-12-13-23(2)19-27)30(35)22-34(39(5,37)38)28-18-11-10-14-24(28)3/h7-19,25,29H,6,20-22H2,1-5H3,(H,32,36)/t25-,29+/m0/s1.